The van der Waals surface area contributed by atoms with Gasteiger partial charge in [-0.05, 0) is 30.2 Å². The summed E-state index contributed by atoms with van der Waals surface area (Å²) in [5.41, 5.74) is 2.71. The van der Waals surface area contributed by atoms with Crippen molar-refractivity contribution in [3.05, 3.63) is 64.7 Å². The lowest BCUT2D eigenvalue weighted by atomic mass is 10.2. The van der Waals surface area contributed by atoms with Gasteiger partial charge in [-0.25, -0.2) is 4.79 Å². The van der Waals surface area contributed by atoms with Crippen LogP contribution in [0.25, 0.3) is 0 Å². The minimum absolute atomic E-state index is 0.267. The van der Waals surface area contributed by atoms with Gasteiger partial charge in [0, 0.05) is 6.54 Å². The van der Waals surface area contributed by atoms with E-state index in [-0.39, 0.29) is 6.03 Å². The molecule has 0 aliphatic rings. The van der Waals surface area contributed by atoms with Crippen LogP contribution >= 0.6 is 11.6 Å². The van der Waals surface area contributed by atoms with Gasteiger partial charge in [-0.2, -0.15) is 0 Å². The number of aryl methyl sites for hydroxylation is 1. The average molecular weight is 275 g/mol. The zero-order chi connectivity index (χ0) is 13.7. The maximum absolute atomic E-state index is 11.8. The minimum atomic E-state index is -0.267. The molecule has 2 aromatic carbocycles. The van der Waals surface area contributed by atoms with Crippen LogP contribution in [0.3, 0.4) is 0 Å². The van der Waals surface area contributed by atoms with E-state index in [1.54, 1.807) is 6.07 Å². The van der Waals surface area contributed by atoms with Crippen LogP contribution < -0.4 is 10.6 Å². The summed E-state index contributed by atoms with van der Waals surface area (Å²) < 4.78 is 0. The third-order valence-corrected chi connectivity index (χ3v) is 3.00. The third kappa shape index (κ3) is 4.00. The van der Waals surface area contributed by atoms with Gasteiger partial charge in [-0.3, -0.25) is 0 Å². The number of benzene rings is 2. The van der Waals surface area contributed by atoms with E-state index in [1.807, 2.05) is 49.4 Å². The highest BCUT2D eigenvalue weighted by atomic mass is 35.5. The lowest BCUT2D eigenvalue weighted by molar-refractivity contribution is 0.251. The van der Waals surface area contributed by atoms with E-state index in [1.165, 1.54) is 0 Å². The molecule has 0 aliphatic heterocycles. The molecule has 2 amide bonds. The van der Waals surface area contributed by atoms with Gasteiger partial charge in [-0.15, -0.1) is 0 Å². The topological polar surface area (TPSA) is 41.1 Å². The summed E-state index contributed by atoms with van der Waals surface area (Å²) in [4.78, 5) is 11.8. The average Bonchev–Trinajstić information content (AvgIpc) is 2.42. The molecular weight excluding hydrogens is 260 g/mol. The Labute approximate surface area is 117 Å². The molecule has 2 rings (SSSR count). The molecule has 0 aliphatic carbocycles. The summed E-state index contributed by atoms with van der Waals surface area (Å²) in [7, 11) is 0. The maximum Gasteiger partial charge on any atom is 0.319 e. The Bertz CT molecular complexity index is 570. The van der Waals surface area contributed by atoms with Crippen molar-refractivity contribution < 1.29 is 4.79 Å². The number of rotatable bonds is 3. The summed E-state index contributed by atoms with van der Waals surface area (Å²) in [6, 6.07) is 15.0. The highest BCUT2D eigenvalue weighted by Crippen LogP contribution is 2.22. The van der Waals surface area contributed by atoms with Crippen molar-refractivity contribution in [1.29, 1.82) is 0 Å². The van der Waals surface area contributed by atoms with E-state index < -0.39 is 0 Å². The molecular formula is C15H15ClN2O. The normalized spacial score (nSPS) is 10.0. The van der Waals surface area contributed by atoms with Crippen molar-refractivity contribution in [3.63, 3.8) is 0 Å². The first-order valence-electron chi connectivity index (χ1n) is 6.00. The van der Waals surface area contributed by atoms with E-state index in [0.29, 0.717) is 17.3 Å². The number of carbonyl (C=O) groups excluding carboxylic acids is 1. The first kappa shape index (κ1) is 13.4. The predicted octanol–water partition coefficient (Wildman–Crippen LogP) is 3.97. The Morgan fingerprint density at radius 3 is 2.63 bits per heavy atom. The van der Waals surface area contributed by atoms with Crippen molar-refractivity contribution >= 4 is 23.3 Å². The molecule has 0 saturated heterocycles. The predicted molar refractivity (Wildman–Crippen MR) is 78.5 cm³/mol. The van der Waals surface area contributed by atoms with Crippen molar-refractivity contribution in [3.8, 4) is 0 Å². The molecule has 0 radical (unpaired) electrons. The van der Waals surface area contributed by atoms with Crippen LogP contribution in [0.4, 0.5) is 10.5 Å². The number of anilines is 1. The largest absolute Gasteiger partial charge is 0.334 e. The van der Waals surface area contributed by atoms with Crippen LogP contribution in [0.5, 0.6) is 0 Å². The molecule has 3 nitrogen and oxygen atoms in total. The van der Waals surface area contributed by atoms with E-state index in [0.717, 1.165) is 11.1 Å². The summed E-state index contributed by atoms with van der Waals surface area (Å²) in [6.45, 7) is 2.43. The second-order valence-electron chi connectivity index (χ2n) is 4.28. The number of carbonyl (C=O) groups is 1. The summed E-state index contributed by atoms with van der Waals surface area (Å²) in [5.74, 6) is 0. The quantitative estimate of drug-likeness (QED) is 0.874. The summed E-state index contributed by atoms with van der Waals surface area (Å²) in [6.07, 6.45) is 0. The molecule has 0 aromatic heterocycles. The highest BCUT2D eigenvalue weighted by molar-refractivity contribution is 6.33. The Balaban J connectivity index is 1.93. The Hall–Kier alpha value is -2.00. The van der Waals surface area contributed by atoms with Gasteiger partial charge in [0.05, 0.1) is 10.7 Å². The van der Waals surface area contributed by atoms with Gasteiger partial charge in [0.2, 0.25) is 0 Å². The van der Waals surface area contributed by atoms with Gasteiger partial charge in [-0.1, -0.05) is 48.0 Å². The minimum Gasteiger partial charge on any atom is -0.334 e. The van der Waals surface area contributed by atoms with Crippen LogP contribution in [0.2, 0.25) is 5.02 Å². The number of hydrogen-bond acceptors (Lipinski definition) is 1. The fraction of sp³-hybridized carbons (Fsp3) is 0.133. The van der Waals surface area contributed by atoms with Crippen LogP contribution in [0, 0.1) is 6.92 Å². The fourth-order valence-electron chi connectivity index (χ4n) is 1.68. The molecule has 0 saturated carbocycles. The Morgan fingerprint density at radius 2 is 1.89 bits per heavy atom. The van der Waals surface area contributed by atoms with Gasteiger partial charge in [0.25, 0.3) is 0 Å². The molecule has 4 heteroatoms. The number of urea groups is 1. The van der Waals surface area contributed by atoms with E-state index in [4.69, 9.17) is 11.6 Å². The lowest BCUT2D eigenvalue weighted by Crippen LogP contribution is -2.28. The number of amides is 2. The highest BCUT2D eigenvalue weighted by Gasteiger charge is 2.05. The van der Waals surface area contributed by atoms with Crippen LogP contribution in [-0.4, -0.2) is 6.03 Å². The molecule has 0 unspecified atom stereocenters. The Morgan fingerprint density at radius 1 is 1.16 bits per heavy atom. The van der Waals surface area contributed by atoms with E-state index in [9.17, 15) is 4.79 Å². The van der Waals surface area contributed by atoms with Crippen LogP contribution in [0.15, 0.2) is 48.5 Å². The summed E-state index contributed by atoms with van der Waals surface area (Å²) >= 11 is 6.01. The molecule has 0 bridgehead atoms. The smallest absolute Gasteiger partial charge is 0.319 e. The van der Waals surface area contributed by atoms with E-state index >= 15 is 0 Å². The maximum atomic E-state index is 11.8. The van der Waals surface area contributed by atoms with E-state index in [2.05, 4.69) is 10.6 Å². The molecule has 98 valence electrons. The van der Waals surface area contributed by atoms with Gasteiger partial charge >= 0.3 is 6.03 Å². The number of halogens is 1. The second kappa shape index (κ2) is 6.25. The van der Waals surface area contributed by atoms with Crippen molar-refractivity contribution in [1.82, 2.24) is 5.32 Å². The summed E-state index contributed by atoms with van der Waals surface area (Å²) in [5, 5.41) is 6.05. The number of nitrogens with one attached hydrogen (secondary N) is 2. The number of hydrogen-bond donors (Lipinski definition) is 2. The molecule has 19 heavy (non-hydrogen) atoms. The van der Waals surface area contributed by atoms with Crippen LogP contribution in [-0.2, 0) is 6.54 Å². The fourth-order valence-corrected chi connectivity index (χ4v) is 1.84. The molecule has 0 spiro atoms. The van der Waals surface area contributed by atoms with Crippen molar-refractivity contribution in [2.75, 3.05) is 5.32 Å². The first-order valence-corrected chi connectivity index (χ1v) is 6.38. The van der Waals surface area contributed by atoms with Crippen molar-refractivity contribution in [2.24, 2.45) is 0 Å². The lowest BCUT2D eigenvalue weighted by Gasteiger charge is -2.09. The second-order valence-corrected chi connectivity index (χ2v) is 4.68. The monoisotopic (exact) mass is 274 g/mol. The molecule has 0 heterocycles. The zero-order valence-corrected chi connectivity index (χ0v) is 11.4. The molecule has 2 aromatic rings. The van der Waals surface area contributed by atoms with Gasteiger partial charge < -0.3 is 10.6 Å². The Kier molecular flexibility index (Phi) is 4.42. The zero-order valence-electron chi connectivity index (χ0n) is 10.6. The standard InChI is InChI=1S/C15H15ClN2O/c1-11-7-8-13(16)14(9-11)18-15(19)17-10-12-5-3-2-4-6-12/h2-9H,10H2,1H3,(H2,17,18,19). The molecule has 2 N–H and O–H groups in total. The third-order valence-electron chi connectivity index (χ3n) is 2.67. The first-order chi connectivity index (χ1) is 9.15. The van der Waals surface area contributed by atoms with Gasteiger partial charge in [0.1, 0.15) is 0 Å². The molecule has 0 fully saturated rings. The van der Waals surface area contributed by atoms with Crippen LogP contribution in [0.1, 0.15) is 11.1 Å². The van der Waals surface area contributed by atoms with Gasteiger partial charge in [0.15, 0.2) is 0 Å². The van der Waals surface area contributed by atoms with Crippen molar-refractivity contribution in [2.45, 2.75) is 13.5 Å². The SMILES string of the molecule is Cc1ccc(Cl)c(NC(=O)NCc2ccccc2)c1. The molecule has 0 atom stereocenters.